The monoisotopic (exact) mass is 169 g/mol. The molecule has 2 aliphatic rings. The maximum atomic E-state index is 2.52. The smallest absolute Gasteiger partial charge is 0.0838 e. The lowest BCUT2D eigenvalue weighted by Crippen LogP contribution is -2.69. The molecule has 2 rings (SSSR count). The van der Waals surface area contributed by atoms with Crippen molar-refractivity contribution in [3.63, 3.8) is 0 Å². The Hall–Kier alpha value is -0.0800. The van der Waals surface area contributed by atoms with Crippen molar-refractivity contribution >= 4 is 0 Å². The van der Waals surface area contributed by atoms with Crippen LogP contribution in [0.5, 0.6) is 0 Å². The van der Waals surface area contributed by atoms with Gasteiger partial charge in [0.1, 0.15) is 0 Å². The van der Waals surface area contributed by atoms with Crippen LogP contribution in [0.3, 0.4) is 0 Å². The summed E-state index contributed by atoms with van der Waals surface area (Å²) in [5.74, 6) is 1.87. The van der Waals surface area contributed by atoms with E-state index in [2.05, 4.69) is 33.0 Å². The second-order valence-electron chi connectivity index (χ2n) is 5.47. The van der Waals surface area contributed by atoms with E-state index in [9.17, 15) is 0 Å². The van der Waals surface area contributed by atoms with Crippen molar-refractivity contribution in [3.8, 4) is 0 Å². The van der Waals surface area contributed by atoms with Gasteiger partial charge in [0.2, 0.25) is 0 Å². The maximum Gasteiger partial charge on any atom is 0.0838 e. The first-order valence-electron chi connectivity index (χ1n) is 5.02. The first kappa shape index (κ1) is 8.52. The molecular weight excluding hydrogens is 148 g/mol. The third-order valence-electron chi connectivity index (χ3n) is 3.61. The Morgan fingerprint density at radius 3 is 2.42 bits per heavy atom. The molecule has 0 bridgehead atoms. The number of fused-ring (bicyclic) bond motifs is 1. The summed E-state index contributed by atoms with van der Waals surface area (Å²) in [6.07, 6.45) is 0. The molecular formula is C10H21N2+. The first-order chi connectivity index (χ1) is 5.49. The van der Waals surface area contributed by atoms with Crippen molar-refractivity contribution in [2.45, 2.75) is 13.0 Å². The Bertz CT molecular complexity index is 178. The van der Waals surface area contributed by atoms with Gasteiger partial charge in [0.05, 0.1) is 27.2 Å². The third-order valence-corrected chi connectivity index (χ3v) is 3.61. The molecule has 3 atom stereocenters. The predicted molar refractivity (Wildman–Crippen MR) is 50.9 cm³/mol. The highest BCUT2D eigenvalue weighted by Gasteiger charge is 2.48. The molecule has 3 unspecified atom stereocenters. The number of likely N-dealkylation sites (tertiary alicyclic amines) is 2. The molecule has 2 aliphatic heterocycles. The number of hydrogen-bond acceptors (Lipinski definition) is 1. The molecule has 0 N–H and O–H groups in total. The summed E-state index contributed by atoms with van der Waals surface area (Å²) in [4.78, 5) is 2.52. The van der Waals surface area contributed by atoms with E-state index in [0.29, 0.717) is 0 Å². The van der Waals surface area contributed by atoms with Gasteiger partial charge in [0, 0.05) is 24.4 Å². The zero-order valence-corrected chi connectivity index (χ0v) is 8.75. The van der Waals surface area contributed by atoms with Gasteiger partial charge in [0.15, 0.2) is 0 Å². The standard InChI is InChI=1S/C10H21N2/c1-8-6-12(3,4)7-9-5-11(2)10(8)9/h8-10H,5-7H2,1-4H3/q+1. The van der Waals surface area contributed by atoms with Gasteiger partial charge in [0.25, 0.3) is 0 Å². The molecule has 0 amide bonds. The van der Waals surface area contributed by atoms with Crippen molar-refractivity contribution in [3.05, 3.63) is 0 Å². The quantitative estimate of drug-likeness (QED) is 0.481. The van der Waals surface area contributed by atoms with Gasteiger partial charge in [-0.3, -0.25) is 0 Å². The second-order valence-corrected chi connectivity index (χ2v) is 5.47. The minimum atomic E-state index is 0.887. The summed E-state index contributed by atoms with van der Waals surface area (Å²) in [6.45, 7) is 6.48. The summed E-state index contributed by atoms with van der Waals surface area (Å²) >= 11 is 0. The molecule has 2 heterocycles. The number of hydrogen-bond donors (Lipinski definition) is 0. The van der Waals surface area contributed by atoms with Crippen molar-refractivity contribution in [1.82, 2.24) is 4.90 Å². The number of rotatable bonds is 0. The van der Waals surface area contributed by atoms with Crippen LogP contribution in [0, 0.1) is 11.8 Å². The summed E-state index contributed by atoms with van der Waals surface area (Å²) in [5, 5.41) is 0. The summed E-state index contributed by atoms with van der Waals surface area (Å²) in [5.41, 5.74) is 0. The Balaban J connectivity index is 2.07. The largest absolute Gasteiger partial charge is 0.328 e. The Labute approximate surface area is 75.7 Å². The molecule has 0 aromatic rings. The van der Waals surface area contributed by atoms with Crippen LogP contribution in [-0.2, 0) is 0 Å². The van der Waals surface area contributed by atoms with E-state index in [1.807, 2.05) is 0 Å². The Morgan fingerprint density at radius 2 is 1.92 bits per heavy atom. The third kappa shape index (κ3) is 1.17. The van der Waals surface area contributed by atoms with E-state index < -0.39 is 0 Å². The number of quaternary nitrogens is 1. The highest BCUT2D eigenvalue weighted by molar-refractivity contribution is 4.95. The topological polar surface area (TPSA) is 3.24 Å². The fourth-order valence-corrected chi connectivity index (χ4v) is 3.48. The Kier molecular flexibility index (Phi) is 1.74. The lowest BCUT2D eigenvalue weighted by molar-refractivity contribution is -0.905. The van der Waals surface area contributed by atoms with Crippen LogP contribution in [-0.4, -0.2) is 56.2 Å². The van der Waals surface area contributed by atoms with E-state index in [-0.39, 0.29) is 0 Å². The van der Waals surface area contributed by atoms with Crippen LogP contribution in [0.15, 0.2) is 0 Å². The van der Waals surface area contributed by atoms with E-state index in [0.717, 1.165) is 17.9 Å². The number of nitrogens with zero attached hydrogens (tertiary/aromatic N) is 2. The molecule has 0 aromatic heterocycles. The van der Waals surface area contributed by atoms with Gasteiger partial charge in [-0.1, -0.05) is 6.92 Å². The van der Waals surface area contributed by atoms with Crippen molar-refractivity contribution < 1.29 is 4.48 Å². The molecule has 0 aromatic carbocycles. The van der Waals surface area contributed by atoms with E-state index in [4.69, 9.17) is 0 Å². The molecule has 0 radical (unpaired) electrons. The molecule has 0 spiro atoms. The van der Waals surface area contributed by atoms with Crippen molar-refractivity contribution in [1.29, 1.82) is 0 Å². The summed E-state index contributed by atoms with van der Waals surface area (Å²) in [7, 11) is 7.00. The van der Waals surface area contributed by atoms with Crippen LogP contribution in [0.1, 0.15) is 6.92 Å². The minimum absolute atomic E-state index is 0.887. The van der Waals surface area contributed by atoms with E-state index in [1.165, 1.54) is 24.1 Å². The Morgan fingerprint density at radius 1 is 1.25 bits per heavy atom. The molecule has 2 saturated heterocycles. The van der Waals surface area contributed by atoms with Gasteiger partial charge in [-0.25, -0.2) is 0 Å². The lowest BCUT2D eigenvalue weighted by Gasteiger charge is -2.56. The van der Waals surface area contributed by atoms with Crippen molar-refractivity contribution in [2.24, 2.45) is 11.8 Å². The molecule has 2 fully saturated rings. The van der Waals surface area contributed by atoms with Gasteiger partial charge >= 0.3 is 0 Å². The number of piperidine rings is 1. The first-order valence-corrected chi connectivity index (χ1v) is 5.02. The summed E-state index contributed by atoms with van der Waals surface area (Å²) < 4.78 is 1.23. The summed E-state index contributed by atoms with van der Waals surface area (Å²) in [6, 6.07) is 0.899. The van der Waals surface area contributed by atoms with Gasteiger partial charge in [-0.2, -0.15) is 0 Å². The molecule has 0 saturated carbocycles. The van der Waals surface area contributed by atoms with Gasteiger partial charge in [-0.05, 0) is 7.05 Å². The normalized spacial score (nSPS) is 46.5. The molecule has 2 heteroatoms. The van der Waals surface area contributed by atoms with Crippen LogP contribution in [0.2, 0.25) is 0 Å². The van der Waals surface area contributed by atoms with Crippen LogP contribution >= 0.6 is 0 Å². The van der Waals surface area contributed by atoms with Gasteiger partial charge in [-0.15, -0.1) is 0 Å². The minimum Gasteiger partial charge on any atom is -0.328 e. The van der Waals surface area contributed by atoms with E-state index in [1.54, 1.807) is 0 Å². The van der Waals surface area contributed by atoms with Crippen LogP contribution < -0.4 is 0 Å². The highest BCUT2D eigenvalue weighted by atomic mass is 15.4. The average Bonchev–Trinajstić information content (AvgIpc) is 1.80. The zero-order valence-electron chi connectivity index (χ0n) is 8.75. The second kappa shape index (κ2) is 2.46. The molecule has 12 heavy (non-hydrogen) atoms. The molecule has 0 aliphatic carbocycles. The van der Waals surface area contributed by atoms with E-state index >= 15 is 0 Å². The molecule has 70 valence electrons. The van der Waals surface area contributed by atoms with Crippen LogP contribution in [0.4, 0.5) is 0 Å². The predicted octanol–water partition coefficient (Wildman–Crippen LogP) is 0.643. The van der Waals surface area contributed by atoms with Crippen molar-refractivity contribution in [2.75, 3.05) is 40.8 Å². The van der Waals surface area contributed by atoms with Gasteiger partial charge < -0.3 is 9.38 Å². The lowest BCUT2D eigenvalue weighted by atomic mass is 9.76. The fourth-order valence-electron chi connectivity index (χ4n) is 3.48. The SMILES string of the molecule is CC1C[N+](C)(C)CC2CN(C)C12. The fraction of sp³-hybridized carbons (Fsp3) is 1.00. The highest BCUT2D eigenvalue weighted by Crippen LogP contribution is 2.35. The molecule has 2 nitrogen and oxygen atoms in total. The average molecular weight is 169 g/mol. The zero-order chi connectivity index (χ0) is 8.93. The maximum absolute atomic E-state index is 2.52. The van der Waals surface area contributed by atoms with Crippen LogP contribution in [0.25, 0.3) is 0 Å².